The molecule has 2 amide bonds. The van der Waals surface area contributed by atoms with Crippen LogP contribution in [0.4, 0.5) is 24.5 Å². The van der Waals surface area contributed by atoms with E-state index >= 15 is 0 Å². The maximum absolute atomic E-state index is 12.6. The highest BCUT2D eigenvalue weighted by atomic mass is 19.4. The Balaban J connectivity index is 2.19. The van der Waals surface area contributed by atoms with E-state index in [2.05, 4.69) is 10.6 Å². The molecule has 0 saturated carbocycles. The number of benzene rings is 2. The van der Waals surface area contributed by atoms with Crippen LogP contribution in [0.15, 0.2) is 42.5 Å². The van der Waals surface area contributed by atoms with Crippen molar-refractivity contribution in [1.29, 1.82) is 0 Å². The van der Waals surface area contributed by atoms with Gasteiger partial charge in [0, 0.05) is 23.4 Å². The third-order valence-electron chi connectivity index (χ3n) is 3.51. The van der Waals surface area contributed by atoms with Crippen molar-refractivity contribution in [3.8, 4) is 0 Å². The van der Waals surface area contributed by atoms with Crippen LogP contribution in [0, 0.1) is 0 Å². The highest BCUT2D eigenvalue weighted by molar-refractivity contribution is 6.04. The zero-order chi connectivity index (χ0) is 19.3. The van der Waals surface area contributed by atoms with E-state index in [4.69, 9.17) is 0 Å². The van der Waals surface area contributed by atoms with Crippen molar-refractivity contribution in [3.63, 3.8) is 0 Å². The number of anilines is 2. The van der Waals surface area contributed by atoms with Crippen LogP contribution < -0.4 is 10.6 Å². The lowest BCUT2D eigenvalue weighted by Crippen LogP contribution is -2.14. The lowest BCUT2D eigenvalue weighted by molar-refractivity contribution is -0.137. The van der Waals surface area contributed by atoms with Gasteiger partial charge in [0.1, 0.15) is 0 Å². The molecule has 0 aliphatic carbocycles. The first-order valence-electron chi connectivity index (χ1n) is 7.76. The van der Waals surface area contributed by atoms with Gasteiger partial charge in [-0.2, -0.15) is 13.2 Å². The maximum atomic E-state index is 12.6. The molecule has 0 aromatic heterocycles. The molecule has 0 saturated heterocycles. The molecular weight excluding hydrogens is 349 g/mol. The maximum Gasteiger partial charge on any atom is 0.416 e. The summed E-state index contributed by atoms with van der Waals surface area (Å²) in [6.07, 6.45) is -4.21. The summed E-state index contributed by atoms with van der Waals surface area (Å²) in [5.74, 6) is -0.846. The molecule has 0 unspecified atom stereocenters. The van der Waals surface area contributed by atoms with Crippen molar-refractivity contribution in [2.24, 2.45) is 0 Å². The van der Waals surface area contributed by atoms with Gasteiger partial charge in [-0.1, -0.05) is 6.92 Å². The molecule has 2 aromatic rings. The van der Waals surface area contributed by atoms with Crippen LogP contribution >= 0.6 is 0 Å². The minimum absolute atomic E-state index is 0.0477. The van der Waals surface area contributed by atoms with Gasteiger partial charge in [-0.25, -0.2) is 0 Å². The number of hydrogen-bond donors (Lipinski definition) is 3. The van der Waals surface area contributed by atoms with Crippen LogP contribution in [-0.4, -0.2) is 16.9 Å². The van der Waals surface area contributed by atoms with Crippen LogP contribution in [0.1, 0.15) is 34.8 Å². The average Bonchev–Trinajstić information content (AvgIpc) is 2.60. The second-order valence-corrected chi connectivity index (χ2v) is 5.51. The normalized spacial score (nSPS) is 11.1. The van der Waals surface area contributed by atoms with Gasteiger partial charge in [0.25, 0.3) is 5.91 Å². The Hall–Kier alpha value is -2.87. The highest BCUT2D eigenvalue weighted by Gasteiger charge is 2.30. The van der Waals surface area contributed by atoms with Gasteiger partial charge in [-0.05, 0) is 48.0 Å². The van der Waals surface area contributed by atoms with Crippen LogP contribution in [0.2, 0.25) is 0 Å². The monoisotopic (exact) mass is 366 g/mol. The van der Waals surface area contributed by atoms with Crippen LogP contribution in [0.25, 0.3) is 0 Å². The fourth-order valence-corrected chi connectivity index (χ4v) is 2.19. The number of aliphatic hydroxyl groups is 1. The third kappa shape index (κ3) is 5.06. The predicted molar refractivity (Wildman–Crippen MR) is 90.7 cm³/mol. The quantitative estimate of drug-likeness (QED) is 0.753. The topological polar surface area (TPSA) is 78.4 Å². The fraction of sp³-hybridized carbons (Fsp3) is 0.222. The van der Waals surface area contributed by atoms with Gasteiger partial charge in [-0.3, -0.25) is 9.59 Å². The van der Waals surface area contributed by atoms with Crippen molar-refractivity contribution < 1.29 is 27.9 Å². The van der Waals surface area contributed by atoms with Crippen LogP contribution in [0.3, 0.4) is 0 Å². The van der Waals surface area contributed by atoms with Gasteiger partial charge in [-0.15, -0.1) is 0 Å². The molecule has 0 aliphatic rings. The molecule has 0 bridgehead atoms. The molecule has 26 heavy (non-hydrogen) atoms. The van der Waals surface area contributed by atoms with E-state index < -0.39 is 17.6 Å². The van der Waals surface area contributed by atoms with Gasteiger partial charge < -0.3 is 15.7 Å². The first-order valence-corrected chi connectivity index (χ1v) is 7.76. The summed E-state index contributed by atoms with van der Waals surface area (Å²) in [5.41, 5.74) is 0.355. The molecular formula is C18H17F3N2O3. The molecule has 0 fully saturated rings. The third-order valence-corrected chi connectivity index (χ3v) is 3.51. The lowest BCUT2D eigenvalue weighted by atomic mass is 10.1. The van der Waals surface area contributed by atoms with Gasteiger partial charge in [0.2, 0.25) is 5.91 Å². The van der Waals surface area contributed by atoms with Crippen LogP contribution in [-0.2, 0) is 17.6 Å². The standard InChI is InChI=1S/C18H17F3N2O3/c1-2-16(25)22-14-7-11(10-24)8-15(9-14)23-17(26)12-3-5-13(6-4-12)18(19,20)21/h3-9,24H,2,10H2,1H3,(H,22,25)(H,23,26). The van der Waals surface area contributed by atoms with E-state index in [0.717, 1.165) is 24.3 Å². The van der Waals surface area contributed by atoms with Crippen LogP contribution in [0.5, 0.6) is 0 Å². The van der Waals surface area contributed by atoms with Crippen molar-refractivity contribution >= 4 is 23.2 Å². The summed E-state index contributed by atoms with van der Waals surface area (Å²) in [6.45, 7) is 1.37. The Morgan fingerprint density at radius 1 is 1.00 bits per heavy atom. The lowest BCUT2D eigenvalue weighted by Gasteiger charge is -2.12. The molecule has 0 heterocycles. The van der Waals surface area contributed by atoms with Gasteiger partial charge >= 0.3 is 6.18 Å². The minimum atomic E-state index is -4.48. The molecule has 0 spiro atoms. The smallest absolute Gasteiger partial charge is 0.392 e. The number of alkyl halides is 3. The number of hydrogen-bond acceptors (Lipinski definition) is 3. The highest BCUT2D eigenvalue weighted by Crippen LogP contribution is 2.29. The van der Waals surface area contributed by atoms with E-state index in [9.17, 15) is 27.9 Å². The van der Waals surface area contributed by atoms with Gasteiger partial charge in [0.15, 0.2) is 0 Å². The molecule has 138 valence electrons. The Kier molecular flexibility index (Phi) is 5.99. The molecule has 2 aromatic carbocycles. The fourth-order valence-electron chi connectivity index (χ4n) is 2.19. The van der Waals surface area contributed by atoms with E-state index in [0.29, 0.717) is 16.9 Å². The Bertz CT molecular complexity index is 802. The molecule has 8 heteroatoms. The van der Waals surface area contributed by atoms with E-state index in [1.165, 1.54) is 12.1 Å². The summed E-state index contributed by atoms with van der Waals surface area (Å²) in [5, 5.41) is 14.5. The van der Waals surface area contributed by atoms with Crippen molar-refractivity contribution in [2.75, 3.05) is 10.6 Å². The SMILES string of the molecule is CCC(=O)Nc1cc(CO)cc(NC(=O)c2ccc(C(F)(F)F)cc2)c1. The molecule has 5 nitrogen and oxygen atoms in total. The summed E-state index contributed by atoms with van der Waals surface area (Å²) >= 11 is 0. The summed E-state index contributed by atoms with van der Waals surface area (Å²) in [6, 6.07) is 8.36. The van der Waals surface area contributed by atoms with E-state index in [1.807, 2.05) is 0 Å². The van der Waals surface area contributed by atoms with E-state index in [1.54, 1.807) is 13.0 Å². The summed E-state index contributed by atoms with van der Waals surface area (Å²) in [4.78, 5) is 23.7. The minimum Gasteiger partial charge on any atom is -0.392 e. The second-order valence-electron chi connectivity index (χ2n) is 5.51. The molecule has 0 aliphatic heterocycles. The van der Waals surface area contributed by atoms with Crippen molar-refractivity contribution in [1.82, 2.24) is 0 Å². The predicted octanol–water partition coefficient (Wildman–Crippen LogP) is 3.80. The molecule has 0 atom stereocenters. The number of aliphatic hydroxyl groups excluding tert-OH is 1. The number of amides is 2. The zero-order valence-electron chi connectivity index (χ0n) is 13.9. The molecule has 2 rings (SSSR count). The molecule has 3 N–H and O–H groups in total. The number of rotatable bonds is 5. The Labute approximate surface area is 147 Å². The number of halogens is 3. The Morgan fingerprint density at radius 2 is 1.58 bits per heavy atom. The number of carbonyl (C=O) groups excluding carboxylic acids is 2. The average molecular weight is 366 g/mol. The summed E-state index contributed by atoms with van der Waals surface area (Å²) < 4.78 is 37.7. The number of nitrogens with one attached hydrogen (secondary N) is 2. The zero-order valence-corrected chi connectivity index (χ0v) is 13.9. The second kappa shape index (κ2) is 8.01. The largest absolute Gasteiger partial charge is 0.416 e. The van der Waals surface area contributed by atoms with Crippen molar-refractivity contribution in [2.45, 2.75) is 26.1 Å². The summed E-state index contributed by atoms with van der Waals surface area (Å²) in [7, 11) is 0. The van der Waals surface area contributed by atoms with Crippen molar-refractivity contribution in [3.05, 3.63) is 59.2 Å². The first-order chi connectivity index (χ1) is 12.2. The number of carbonyl (C=O) groups is 2. The van der Waals surface area contributed by atoms with E-state index in [-0.39, 0.29) is 24.5 Å². The first kappa shape index (κ1) is 19.5. The van der Waals surface area contributed by atoms with Gasteiger partial charge in [0.05, 0.1) is 12.2 Å². The molecule has 0 radical (unpaired) electrons. The Morgan fingerprint density at radius 3 is 2.08 bits per heavy atom.